The van der Waals surface area contributed by atoms with Crippen LogP contribution in [0.1, 0.15) is 23.4 Å². The summed E-state index contributed by atoms with van der Waals surface area (Å²) >= 11 is 0.864. The number of hydrogen-bond acceptors (Lipinski definition) is 5. The number of nitrogens with zero attached hydrogens (tertiary/aromatic N) is 2. The molecule has 1 N–H and O–H groups in total. The molecule has 1 saturated heterocycles. The lowest BCUT2D eigenvalue weighted by Gasteiger charge is -2.12. The van der Waals surface area contributed by atoms with Crippen LogP contribution in [0.3, 0.4) is 0 Å². The highest BCUT2D eigenvalue weighted by Crippen LogP contribution is 2.32. The molecule has 1 aromatic rings. The van der Waals surface area contributed by atoms with E-state index in [4.69, 9.17) is 4.74 Å². The molecule has 2 rings (SSSR count). The summed E-state index contributed by atoms with van der Waals surface area (Å²) in [4.78, 5) is 37.7. The molecule has 1 aliphatic heterocycles. The number of nitrogens with one attached hydrogen (secondary N) is 1. The Morgan fingerprint density at radius 1 is 1.36 bits per heavy atom. The summed E-state index contributed by atoms with van der Waals surface area (Å²) in [5.41, 5.74) is 2.98. The molecule has 1 fully saturated rings. The summed E-state index contributed by atoms with van der Waals surface area (Å²) < 4.78 is 6.92. The minimum atomic E-state index is -0.428. The lowest BCUT2D eigenvalue weighted by Crippen LogP contribution is -2.39. The molecule has 1 aliphatic rings. The van der Waals surface area contributed by atoms with Gasteiger partial charge < -0.3 is 14.6 Å². The monoisotopic (exact) mass is 365 g/mol. The van der Waals surface area contributed by atoms with Crippen molar-refractivity contribution in [3.8, 4) is 0 Å². The third kappa shape index (κ3) is 4.52. The van der Waals surface area contributed by atoms with Gasteiger partial charge in [0.05, 0.1) is 4.91 Å². The van der Waals surface area contributed by atoms with Gasteiger partial charge in [-0.15, -0.1) is 0 Å². The van der Waals surface area contributed by atoms with Crippen LogP contribution in [0.25, 0.3) is 6.08 Å². The molecule has 0 unspecified atom stereocenters. The largest absolute Gasteiger partial charge is 0.385 e. The predicted molar refractivity (Wildman–Crippen MR) is 97.1 cm³/mol. The third-order valence-electron chi connectivity index (χ3n) is 4.12. The number of rotatable bonds is 7. The number of methoxy groups -OCH3 is 1. The van der Waals surface area contributed by atoms with Gasteiger partial charge in [0.1, 0.15) is 6.54 Å². The van der Waals surface area contributed by atoms with Gasteiger partial charge in [-0.05, 0) is 49.7 Å². The number of aryl methyl sites for hydroxylation is 1. The third-order valence-corrected chi connectivity index (χ3v) is 5.03. The Kier molecular flexibility index (Phi) is 6.44. The van der Waals surface area contributed by atoms with E-state index in [0.717, 1.165) is 33.6 Å². The second-order valence-corrected chi connectivity index (χ2v) is 6.84. The topological polar surface area (TPSA) is 80.6 Å². The fraction of sp³-hybridized carbons (Fsp3) is 0.471. The second-order valence-electron chi connectivity index (χ2n) is 5.85. The van der Waals surface area contributed by atoms with Gasteiger partial charge in [-0.3, -0.25) is 19.3 Å². The normalized spacial score (nSPS) is 16.2. The Hall–Kier alpha value is -2.06. The van der Waals surface area contributed by atoms with E-state index in [0.29, 0.717) is 24.5 Å². The van der Waals surface area contributed by atoms with Crippen LogP contribution >= 0.6 is 11.8 Å². The van der Waals surface area contributed by atoms with Gasteiger partial charge in [0.2, 0.25) is 5.91 Å². The van der Waals surface area contributed by atoms with Gasteiger partial charge >= 0.3 is 0 Å². The first-order valence-electron chi connectivity index (χ1n) is 7.99. The Bertz CT molecular complexity index is 724. The molecule has 0 spiro atoms. The van der Waals surface area contributed by atoms with Crippen molar-refractivity contribution in [2.45, 2.75) is 20.3 Å². The summed E-state index contributed by atoms with van der Waals surface area (Å²) in [7, 11) is 3.53. The number of amides is 3. The molecular formula is C17H23N3O4S. The lowest BCUT2D eigenvalue weighted by molar-refractivity contribution is -0.129. The molecule has 25 heavy (non-hydrogen) atoms. The molecule has 3 amide bonds. The van der Waals surface area contributed by atoms with Crippen LogP contribution in [0.5, 0.6) is 0 Å². The quantitative estimate of drug-likeness (QED) is 0.589. The summed E-state index contributed by atoms with van der Waals surface area (Å²) in [6, 6.07) is 1.96. The van der Waals surface area contributed by atoms with E-state index in [-0.39, 0.29) is 12.5 Å². The van der Waals surface area contributed by atoms with Gasteiger partial charge in [-0.1, -0.05) is 0 Å². The molecule has 0 aliphatic carbocycles. The van der Waals surface area contributed by atoms with Crippen molar-refractivity contribution in [2.75, 3.05) is 26.8 Å². The molecule has 7 nitrogen and oxygen atoms in total. The number of hydrogen-bond donors (Lipinski definition) is 1. The molecule has 136 valence electrons. The molecule has 8 heteroatoms. The molecule has 2 heterocycles. The molecule has 0 radical (unpaired) electrons. The van der Waals surface area contributed by atoms with E-state index < -0.39 is 11.1 Å². The van der Waals surface area contributed by atoms with Crippen LogP contribution in [0.4, 0.5) is 4.79 Å². The second kappa shape index (κ2) is 8.35. The van der Waals surface area contributed by atoms with E-state index in [9.17, 15) is 14.4 Å². The van der Waals surface area contributed by atoms with Crippen molar-refractivity contribution in [1.29, 1.82) is 0 Å². The molecule has 0 saturated carbocycles. The minimum Gasteiger partial charge on any atom is -0.385 e. The average molecular weight is 365 g/mol. The van der Waals surface area contributed by atoms with Crippen molar-refractivity contribution in [3.05, 3.63) is 27.9 Å². The number of ether oxygens (including phenoxy) is 1. The zero-order valence-electron chi connectivity index (χ0n) is 14.9. The van der Waals surface area contributed by atoms with E-state index in [2.05, 4.69) is 5.32 Å². The Morgan fingerprint density at radius 2 is 2.08 bits per heavy atom. The smallest absolute Gasteiger partial charge is 0.294 e. The zero-order valence-corrected chi connectivity index (χ0v) is 15.7. The van der Waals surface area contributed by atoms with Gasteiger partial charge in [0.25, 0.3) is 11.1 Å². The highest BCUT2D eigenvalue weighted by Gasteiger charge is 2.36. The van der Waals surface area contributed by atoms with Crippen LogP contribution in [-0.2, 0) is 21.4 Å². The number of aromatic nitrogens is 1. The number of thioether (sulfide) groups is 1. The number of imide groups is 1. The molecule has 0 bridgehead atoms. The fourth-order valence-corrected chi connectivity index (χ4v) is 3.28. The minimum absolute atomic E-state index is 0.262. The van der Waals surface area contributed by atoms with Crippen LogP contribution in [-0.4, -0.2) is 53.3 Å². The summed E-state index contributed by atoms with van der Waals surface area (Å²) in [5.74, 6) is -0.783. The van der Waals surface area contributed by atoms with Crippen molar-refractivity contribution in [3.63, 3.8) is 0 Å². The van der Waals surface area contributed by atoms with E-state index >= 15 is 0 Å². The van der Waals surface area contributed by atoms with Crippen molar-refractivity contribution in [2.24, 2.45) is 7.05 Å². The zero-order chi connectivity index (χ0) is 18.6. The molecule has 0 aromatic carbocycles. The first-order valence-corrected chi connectivity index (χ1v) is 8.80. The molecule has 0 atom stereocenters. The SMILES string of the molecule is COCCCNC(=O)CN1C(=O)S/C(=C\c2cc(C)n(C)c2C)C1=O. The summed E-state index contributed by atoms with van der Waals surface area (Å²) in [6.45, 7) is 4.66. The predicted octanol–water partition coefficient (Wildman–Crippen LogP) is 1.83. The fourth-order valence-electron chi connectivity index (χ4n) is 2.45. The first kappa shape index (κ1) is 19.3. The summed E-state index contributed by atoms with van der Waals surface area (Å²) in [5, 5.41) is 2.25. The van der Waals surface area contributed by atoms with E-state index in [1.807, 2.05) is 31.5 Å². The van der Waals surface area contributed by atoms with Crippen molar-refractivity contribution in [1.82, 2.24) is 14.8 Å². The first-order chi connectivity index (χ1) is 11.8. The highest BCUT2D eigenvalue weighted by atomic mass is 32.2. The summed E-state index contributed by atoms with van der Waals surface area (Å²) in [6.07, 6.45) is 2.39. The van der Waals surface area contributed by atoms with Crippen LogP contribution < -0.4 is 5.32 Å². The Labute approximate surface area is 151 Å². The van der Waals surface area contributed by atoms with Crippen LogP contribution in [0, 0.1) is 13.8 Å². The van der Waals surface area contributed by atoms with Gasteiger partial charge in [-0.25, -0.2) is 0 Å². The van der Waals surface area contributed by atoms with Gasteiger partial charge in [0.15, 0.2) is 0 Å². The average Bonchev–Trinajstić information content (AvgIpc) is 2.97. The maximum Gasteiger partial charge on any atom is 0.294 e. The Balaban J connectivity index is 2.03. The Morgan fingerprint density at radius 3 is 2.68 bits per heavy atom. The maximum absolute atomic E-state index is 12.4. The van der Waals surface area contributed by atoms with Gasteiger partial charge in [-0.2, -0.15) is 0 Å². The maximum atomic E-state index is 12.4. The molecule has 1 aromatic heterocycles. The lowest BCUT2D eigenvalue weighted by atomic mass is 10.2. The van der Waals surface area contributed by atoms with Crippen molar-refractivity contribution < 1.29 is 19.1 Å². The standard InChI is InChI=1S/C17H23N3O4S/c1-11-8-13(12(2)19(11)3)9-14-16(22)20(17(23)25-14)10-15(21)18-6-5-7-24-4/h8-9H,5-7,10H2,1-4H3,(H,18,21)/b14-9-. The van der Waals surface area contributed by atoms with E-state index in [1.54, 1.807) is 13.2 Å². The van der Waals surface area contributed by atoms with Crippen molar-refractivity contribution >= 4 is 34.9 Å². The highest BCUT2D eigenvalue weighted by molar-refractivity contribution is 8.18. The van der Waals surface area contributed by atoms with Crippen LogP contribution in [0.2, 0.25) is 0 Å². The number of carbonyl (C=O) groups excluding carboxylic acids is 3. The van der Waals surface area contributed by atoms with Gasteiger partial charge in [0, 0.05) is 38.7 Å². The number of carbonyl (C=O) groups is 3. The van der Waals surface area contributed by atoms with E-state index in [1.165, 1.54) is 0 Å². The molecular weight excluding hydrogens is 342 g/mol. The van der Waals surface area contributed by atoms with Crippen LogP contribution in [0.15, 0.2) is 11.0 Å².